The molecule has 0 atom stereocenters. The van der Waals surface area contributed by atoms with Crippen LogP contribution in [0.5, 0.6) is 5.75 Å². The molecule has 4 rings (SSSR count). The minimum absolute atomic E-state index is 0.124. The number of aliphatic hydroxyl groups excluding tert-OH is 1. The average molecular weight is 311 g/mol. The van der Waals surface area contributed by atoms with Gasteiger partial charge in [-0.15, -0.1) is 0 Å². The Morgan fingerprint density at radius 2 is 1.96 bits per heavy atom. The fourth-order valence-electron chi connectivity index (χ4n) is 3.10. The third-order valence-corrected chi connectivity index (χ3v) is 4.70. The zero-order valence-electron chi connectivity index (χ0n) is 13.0. The van der Waals surface area contributed by atoms with Crippen LogP contribution >= 0.6 is 0 Å². The van der Waals surface area contributed by atoms with E-state index in [2.05, 4.69) is 47.8 Å². The van der Waals surface area contributed by atoms with Gasteiger partial charge in [0.25, 0.3) is 0 Å². The largest absolute Gasteiger partial charge is 0.493 e. The number of hydrogen-bond acceptors (Lipinski definition) is 4. The van der Waals surface area contributed by atoms with Crippen molar-refractivity contribution < 1.29 is 14.6 Å². The molecule has 2 aliphatic heterocycles. The molecule has 2 heterocycles. The van der Waals surface area contributed by atoms with Crippen LogP contribution in [0.3, 0.4) is 0 Å². The fourth-order valence-corrected chi connectivity index (χ4v) is 3.10. The van der Waals surface area contributed by atoms with Gasteiger partial charge in [-0.05, 0) is 41.0 Å². The Labute approximate surface area is 136 Å². The molecule has 0 spiro atoms. The number of aliphatic hydroxyl groups is 1. The van der Waals surface area contributed by atoms with Gasteiger partial charge in [0, 0.05) is 18.7 Å². The summed E-state index contributed by atoms with van der Waals surface area (Å²) in [5.41, 5.74) is 4.63. The molecule has 0 unspecified atom stereocenters. The highest BCUT2D eigenvalue weighted by Crippen LogP contribution is 2.32. The molecule has 2 N–H and O–H groups in total. The maximum Gasteiger partial charge on any atom is 0.122 e. The van der Waals surface area contributed by atoms with Crippen molar-refractivity contribution in [1.82, 2.24) is 0 Å². The summed E-state index contributed by atoms with van der Waals surface area (Å²) in [6.07, 6.45) is 0.986. The molecule has 0 aromatic heterocycles. The minimum Gasteiger partial charge on any atom is -0.493 e. The number of rotatable bonds is 5. The van der Waals surface area contributed by atoms with Crippen LogP contribution in [-0.2, 0) is 11.2 Å². The van der Waals surface area contributed by atoms with Gasteiger partial charge in [0.1, 0.15) is 5.75 Å². The van der Waals surface area contributed by atoms with Gasteiger partial charge in [0.05, 0.1) is 31.8 Å². The highest BCUT2D eigenvalue weighted by molar-refractivity contribution is 5.70. The van der Waals surface area contributed by atoms with E-state index in [4.69, 9.17) is 9.47 Å². The predicted molar refractivity (Wildman–Crippen MR) is 89.9 cm³/mol. The van der Waals surface area contributed by atoms with Crippen LogP contribution in [0.15, 0.2) is 42.5 Å². The molecule has 2 aromatic rings. The third-order valence-electron chi connectivity index (χ3n) is 4.70. The summed E-state index contributed by atoms with van der Waals surface area (Å²) >= 11 is 0. The van der Waals surface area contributed by atoms with E-state index in [0.717, 1.165) is 31.0 Å². The normalized spacial score (nSPS) is 18.0. The monoisotopic (exact) mass is 311 g/mol. The highest BCUT2D eigenvalue weighted by Gasteiger charge is 2.37. The van der Waals surface area contributed by atoms with E-state index in [-0.39, 0.29) is 12.0 Å². The van der Waals surface area contributed by atoms with Crippen molar-refractivity contribution in [3.05, 3.63) is 48.0 Å². The summed E-state index contributed by atoms with van der Waals surface area (Å²) in [4.78, 5) is 0. The molecule has 1 fully saturated rings. The molecule has 1 saturated heterocycles. The molecule has 0 aliphatic carbocycles. The number of anilines is 1. The highest BCUT2D eigenvalue weighted by atomic mass is 16.5. The number of nitrogens with one attached hydrogen (secondary N) is 1. The van der Waals surface area contributed by atoms with Gasteiger partial charge < -0.3 is 19.9 Å². The van der Waals surface area contributed by atoms with Gasteiger partial charge in [0.15, 0.2) is 0 Å². The Kier molecular flexibility index (Phi) is 3.71. The van der Waals surface area contributed by atoms with Crippen molar-refractivity contribution in [3.8, 4) is 16.9 Å². The van der Waals surface area contributed by atoms with Crippen LogP contribution in [0, 0.1) is 5.41 Å². The summed E-state index contributed by atoms with van der Waals surface area (Å²) in [5.74, 6) is 1.01. The quantitative estimate of drug-likeness (QED) is 0.891. The van der Waals surface area contributed by atoms with Crippen molar-refractivity contribution in [1.29, 1.82) is 0 Å². The molecule has 2 aliphatic rings. The number of ether oxygens (including phenoxy) is 2. The van der Waals surface area contributed by atoms with Crippen LogP contribution in [0.25, 0.3) is 11.1 Å². The van der Waals surface area contributed by atoms with Gasteiger partial charge in [-0.3, -0.25) is 0 Å². The lowest BCUT2D eigenvalue weighted by Crippen LogP contribution is -2.50. The van der Waals surface area contributed by atoms with E-state index < -0.39 is 0 Å². The standard InChI is InChI=1S/C19H21NO3/c21-11-19(12-22-13-19)10-20-17-3-1-2-14(9-17)15-4-5-18-16(8-15)6-7-23-18/h1-5,8-9,20-21H,6-7,10-13H2. The van der Waals surface area contributed by atoms with Gasteiger partial charge in [-0.1, -0.05) is 18.2 Å². The van der Waals surface area contributed by atoms with E-state index in [1.807, 2.05) is 0 Å². The Hall–Kier alpha value is -2.04. The van der Waals surface area contributed by atoms with Crippen molar-refractivity contribution in [2.45, 2.75) is 6.42 Å². The lowest BCUT2D eigenvalue weighted by molar-refractivity contribution is -0.128. The lowest BCUT2D eigenvalue weighted by atomic mass is 9.87. The predicted octanol–water partition coefficient (Wildman–Crippen LogP) is 2.71. The summed E-state index contributed by atoms with van der Waals surface area (Å²) in [7, 11) is 0. The molecule has 0 amide bonds. The van der Waals surface area contributed by atoms with Gasteiger partial charge in [-0.25, -0.2) is 0 Å². The zero-order valence-corrected chi connectivity index (χ0v) is 13.0. The minimum atomic E-state index is -0.124. The molecule has 0 bridgehead atoms. The van der Waals surface area contributed by atoms with Gasteiger partial charge in [-0.2, -0.15) is 0 Å². The van der Waals surface area contributed by atoms with E-state index in [9.17, 15) is 5.11 Å². The summed E-state index contributed by atoms with van der Waals surface area (Å²) in [5, 5.41) is 12.9. The Morgan fingerprint density at radius 1 is 1.09 bits per heavy atom. The molecule has 2 aromatic carbocycles. The third kappa shape index (κ3) is 2.80. The van der Waals surface area contributed by atoms with Crippen LogP contribution in [0.4, 0.5) is 5.69 Å². The second kappa shape index (κ2) is 5.87. The molecule has 23 heavy (non-hydrogen) atoms. The number of fused-ring (bicyclic) bond motifs is 1. The van der Waals surface area contributed by atoms with E-state index in [1.165, 1.54) is 16.7 Å². The smallest absolute Gasteiger partial charge is 0.122 e. The van der Waals surface area contributed by atoms with Crippen LogP contribution in [0.2, 0.25) is 0 Å². The van der Waals surface area contributed by atoms with Crippen molar-refractivity contribution in [2.75, 3.05) is 38.3 Å². The van der Waals surface area contributed by atoms with E-state index in [1.54, 1.807) is 0 Å². The number of benzene rings is 2. The average Bonchev–Trinajstić information content (AvgIpc) is 3.02. The van der Waals surface area contributed by atoms with Crippen molar-refractivity contribution >= 4 is 5.69 Å². The van der Waals surface area contributed by atoms with E-state index >= 15 is 0 Å². The summed E-state index contributed by atoms with van der Waals surface area (Å²) in [6, 6.07) is 14.8. The summed E-state index contributed by atoms with van der Waals surface area (Å²) < 4.78 is 10.8. The zero-order chi connectivity index (χ0) is 15.7. The second-order valence-corrected chi connectivity index (χ2v) is 6.51. The Morgan fingerprint density at radius 3 is 2.74 bits per heavy atom. The van der Waals surface area contributed by atoms with Crippen molar-refractivity contribution in [2.24, 2.45) is 5.41 Å². The summed E-state index contributed by atoms with van der Waals surface area (Å²) in [6.45, 7) is 2.92. The van der Waals surface area contributed by atoms with E-state index in [0.29, 0.717) is 13.2 Å². The lowest BCUT2D eigenvalue weighted by Gasteiger charge is -2.40. The molecule has 0 radical (unpaired) electrons. The Balaban J connectivity index is 1.52. The van der Waals surface area contributed by atoms with Gasteiger partial charge in [0.2, 0.25) is 0 Å². The maximum absolute atomic E-state index is 9.50. The first-order valence-electron chi connectivity index (χ1n) is 8.07. The fraction of sp³-hybridized carbons (Fsp3) is 0.368. The van der Waals surface area contributed by atoms with Crippen LogP contribution < -0.4 is 10.1 Å². The first-order chi connectivity index (χ1) is 11.3. The topological polar surface area (TPSA) is 50.7 Å². The molecular weight excluding hydrogens is 290 g/mol. The first-order valence-corrected chi connectivity index (χ1v) is 8.07. The molecule has 4 heteroatoms. The van der Waals surface area contributed by atoms with Crippen LogP contribution in [-0.4, -0.2) is 38.1 Å². The van der Waals surface area contributed by atoms with Gasteiger partial charge >= 0.3 is 0 Å². The SMILES string of the molecule is OCC1(CNc2cccc(-c3ccc4c(c3)CCO4)c2)COC1. The maximum atomic E-state index is 9.50. The molecule has 4 nitrogen and oxygen atoms in total. The Bertz CT molecular complexity index is 704. The first kappa shape index (κ1) is 14.5. The second-order valence-electron chi connectivity index (χ2n) is 6.51. The molecule has 0 saturated carbocycles. The number of hydrogen-bond donors (Lipinski definition) is 2. The molecule has 120 valence electrons. The van der Waals surface area contributed by atoms with Crippen LogP contribution in [0.1, 0.15) is 5.56 Å². The molecular formula is C19H21NO3. The van der Waals surface area contributed by atoms with Crippen molar-refractivity contribution in [3.63, 3.8) is 0 Å².